The van der Waals surface area contributed by atoms with Crippen LogP contribution in [0.1, 0.15) is 12.5 Å². The Bertz CT molecular complexity index is 1700. The number of nitrogens with zero attached hydrogens (tertiary/aromatic N) is 1. The zero-order valence-corrected chi connectivity index (χ0v) is 21.3. The van der Waals surface area contributed by atoms with Gasteiger partial charge in [-0.25, -0.2) is 0 Å². The number of fused-ring (bicyclic) bond motifs is 5. The molecule has 5 rings (SSSR count). The van der Waals surface area contributed by atoms with Crippen molar-refractivity contribution >= 4 is 38.0 Å². The average molecular weight is 466 g/mol. The van der Waals surface area contributed by atoms with Gasteiger partial charge in [0.1, 0.15) is 0 Å². The quantitative estimate of drug-likeness (QED) is 0.178. The summed E-state index contributed by atoms with van der Waals surface area (Å²) in [5, 5.41) is 7.72. The Balaban J connectivity index is 1.64. The molecule has 176 valence electrons. The van der Waals surface area contributed by atoms with E-state index in [0.717, 1.165) is 17.0 Å². The highest BCUT2D eigenvalue weighted by Crippen LogP contribution is 2.39. The summed E-state index contributed by atoms with van der Waals surface area (Å²) in [6, 6.07) is 31.0. The number of aryl methyl sites for hydroxylation is 1. The lowest BCUT2D eigenvalue weighted by Crippen LogP contribution is -2.17. The average Bonchev–Trinajstić information content (AvgIpc) is 2.92. The van der Waals surface area contributed by atoms with E-state index in [4.69, 9.17) is 0 Å². The lowest BCUT2D eigenvalue weighted by Gasteiger charge is -2.25. The topological polar surface area (TPSA) is 3.24 Å². The lowest BCUT2D eigenvalue weighted by atomic mass is 9.90. The highest BCUT2D eigenvalue weighted by Gasteiger charge is 2.14. The van der Waals surface area contributed by atoms with Gasteiger partial charge in [-0.1, -0.05) is 104 Å². The third-order valence-corrected chi connectivity index (χ3v) is 7.04. The van der Waals surface area contributed by atoms with Crippen LogP contribution in [0.3, 0.4) is 0 Å². The summed E-state index contributed by atoms with van der Waals surface area (Å²) in [5.74, 6) is 0. The molecule has 0 heterocycles. The van der Waals surface area contributed by atoms with E-state index in [1.807, 2.05) is 31.2 Å². The molecule has 1 nitrogen and oxygen atoms in total. The predicted octanol–water partition coefficient (Wildman–Crippen LogP) is 9.76. The zero-order chi connectivity index (χ0) is 25.2. The summed E-state index contributed by atoms with van der Waals surface area (Å²) >= 11 is 0. The van der Waals surface area contributed by atoms with Crippen molar-refractivity contribution in [2.45, 2.75) is 13.8 Å². The molecule has 0 radical (unpaired) electrons. The van der Waals surface area contributed by atoms with Crippen LogP contribution in [0.4, 0.5) is 5.69 Å². The minimum atomic E-state index is 0.919. The van der Waals surface area contributed by atoms with Gasteiger partial charge < -0.3 is 4.90 Å². The van der Waals surface area contributed by atoms with Crippen molar-refractivity contribution < 1.29 is 0 Å². The van der Waals surface area contributed by atoms with Crippen LogP contribution in [0.15, 0.2) is 134 Å². The second kappa shape index (κ2) is 9.71. The zero-order valence-electron chi connectivity index (χ0n) is 21.3. The fourth-order valence-electron chi connectivity index (χ4n) is 5.14. The predicted molar refractivity (Wildman–Crippen MR) is 160 cm³/mol. The third-order valence-electron chi connectivity index (χ3n) is 7.04. The third kappa shape index (κ3) is 4.03. The first-order chi connectivity index (χ1) is 17.5. The van der Waals surface area contributed by atoms with Gasteiger partial charge in [-0.2, -0.15) is 0 Å². The van der Waals surface area contributed by atoms with Crippen molar-refractivity contribution in [3.05, 3.63) is 139 Å². The molecule has 36 heavy (non-hydrogen) atoms. The molecule has 0 N–H and O–H groups in total. The van der Waals surface area contributed by atoms with Gasteiger partial charge in [0, 0.05) is 18.4 Å². The number of benzene rings is 5. The van der Waals surface area contributed by atoms with Gasteiger partial charge in [0.25, 0.3) is 0 Å². The van der Waals surface area contributed by atoms with Gasteiger partial charge in [0.15, 0.2) is 0 Å². The summed E-state index contributed by atoms with van der Waals surface area (Å²) < 4.78 is 0. The fraction of sp³-hybridized carbons (Fsp3) is 0.0857. The molecule has 0 atom stereocenters. The van der Waals surface area contributed by atoms with Crippen LogP contribution in [0.5, 0.6) is 0 Å². The number of rotatable bonds is 6. The van der Waals surface area contributed by atoms with Crippen LogP contribution in [0.2, 0.25) is 0 Å². The minimum Gasteiger partial charge on any atom is -0.344 e. The van der Waals surface area contributed by atoms with Crippen molar-refractivity contribution in [3.63, 3.8) is 0 Å². The highest BCUT2D eigenvalue weighted by molar-refractivity contribution is 6.23. The molecule has 0 saturated heterocycles. The number of hydrogen-bond acceptors (Lipinski definition) is 1. The maximum absolute atomic E-state index is 4.33. The molecule has 0 unspecified atom stereocenters. The van der Waals surface area contributed by atoms with Crippen LogP contribution in [0, 0.1) is 6.92 Å². The van der Waals surface area contributed by atoms with E-state index in [2.05, 4.69) is 117 Å². The van der Waals surface area contributed by atoms with E-state index in [-0.39, 0.29) is 0 Å². The van der Waals surface area contributed by atoms with Crippen LogP contribution in [0.25, 0.3) is 43.4 Å². The van der Waals surface area contributed by atoms with E-state index in [1.54, 1.807) is 0 Å². The maximum atomic E-state index is 4.33. The second-order valence-electron chi connectivity index (χ2n) is 9.21. The van der Waals surface area contributed by atoms with Crippen LogP contribution in [-0.4, -0.2) is 7.05 Å². The molecule has 1 heteroatoms. The van der Waals surface area contributed by atoms with Crippen LogP contribution >= 0.6 is 0 Å². The Kier molecular flexibility index (Phi) is 6.31. The van der Waals surface area contributed by atoms with Gasteiger partial charge >= 0.3 is 0 Å². The van der Waals surface area contributed by atoms with Crippen molar-refractivity contribution in [2.24, 2.45) is 0 Å². The molecule has 0 aromatic heterocycles. The van der Waals surface area contributed by atoms with Crippen LogP contribution in [-0.2, 0) is 0 Å². The molecule has 0 spiro atoms. The Morgan fingerprint density at radius 1 is 0.806 bits per heavy atom. The minimum absolute atomic E-state index is 0.919. The molecule has 0 saturated carbocycles. The Hall–Kier alpha value is -4.36. The molecule has 0 aliphatic rings. The molecular weight excluding hydrogens is 434 g/mol. The smallest absolute Gasteiger partial charge is 0.0438 e. The molecule has 0 aliphatic heterocycles. The van der Waals surface area contributed by atoms with Crippen molar-refractivity contribution in [2.75, 3.05) is 11.9 Å². The van der Waals surface area contributed by atoms with Gasteiger partial charge in [0.05, 0.1) is 0 Å². The Morgan fingerprint density at radius 3 is 2.22 bits per heavy atom. The first kappa shape index (κ1) is 23.4. The fourth-order valence-corrected chi connectivity index (χ4v) is 5.14. The summed E-state index contributed by atoms with van der Waals surface area (Å²) in [4.78, 5) is 2.14. The lowest BCUT2D eigenvalue weighted by molar-refractivity contribution is 1.11. The van der Waals surface area contributed by atoms with Crippen molar-refractivity contribution in [1.29, 1.82) is 0 Å². The summed E-state index contributed by atoms with van der Waals surface area (Å²) in [5.41, 5.74) is 6.73. The van der Waals surface area contributed by atoms with Gasteiger partial charge in [-0.15, -0.1) is 0 Å². The first-order valence-corrected chi connectivity index (χ1v) is 12.4. The van der Waals surface area contributed by atoms with E-state index in [9.17, 15) is 0 Å². The molecule has 0 bridgehead atoms. The van der Waals surface area contributed by atoms with E-state index in [1.165, 1.54) is 49.0 Å². The highest BCUT2D eigenvalue weighted by atomic mass is 15.1. The van der Waals surface area contributed by atoms with Crippen LogP contribution < -0.4 is 4.90 Å². The molecule has 5 aromatic carbocycles. The number of anilines is 1. The Morgan fingerprint density at radius 2 is 1.50 bits per heavy atom. The molecule has 0 fully saturated rings. The molecule has 0 aliphatic carbocycles. The normalized spacial score (nSPS) is 12.0. The van der Waals surface area contributed by atoms with Crippen molar-refractivity contribution in [3.8, 4) is 11.1 Å². The first-order valence-electron chi connectivity index (χ1n) is 12.4. The number of likely N-dealkylation sites (N-methyl/N-ethyl adjacent to an activating group) is 1. The van der Waals surface area contributed by atoms with E-state index < -0.39 is 0 Å². The summed E-state index contributed by atoms with van der Waals surface area (Å²) in [6.07, 6.45) is 7.92. The maximum Gasteiger partial charge on any atom is 0.0438 e. The second-order valence-corrected chi connectivity index (χ2v) is 9.21. The van der Waals surface area contributed by atoms with Crippen molar-refractivity contribution in [1.82, 2.24) is 0 Å². The molecular formula is C35H31N. The largest absolute Gasteiger partial charge is 0.344 e. The van der Waals surface area contributed by atoms with Gasteiger partial charge in [-0.05, 0) is 86.6 Å². The monoisotopic (exact) mass is 465 g/mol. The summed E-state index contributed by atoms with van der Waals surface area (Å²) in [6.45, 7) is 12.5. The van der Waals surface area contributed by atoms with Gasteiger partial charge in [-0.3, -0.25) is 0 Å². The summed E-state index contributed by atoms with van der Waals surface area (Å²) in [7, 11) is 2.06. The van der Waals surface area contributed by atoms with Gasteiger partial charge in [0.2, 0.25) is 0 Å². The number of allylic oxidation sites excluding steroid dienone is 4. The SMILES string of the molecule is C=C/C(=C\C=C/C)C(=C)N(C)c1ccc(-c2cc3ccc4ccccc4c3c3ccccc23)cc1C. The van der Waals surface area contributed by atoms with E-state index >= 15 is 0 Å². The Labute approximate surface area is 214 Å². The standard InChI is InChI=1S/C35H31N/c1-6-8-13-26(7-2)25(4)36(5)34-21-20-28(22-24(34)3)33-23-29-19-18-27-14-9-10-15-30(27)35(29)32-17-12-11-16-31(32)33/h6-23H,2,4H2,1,3,5H3/b8-6-,26-13+. The van der Waals surface area contributed by atoms with E-state index in [0.29, 0.717) is 0 Å². The molecule has 5 aromatic rings. The number of hydrogen-bond donors (Lipinski definition) is 0. The molecule has 0 amide bonds.